The number of aliphatic hydroxyl groups is 1. The van der Waals surface area contributed by atoms with Crippen molar-refractivity contribution in [1.82, 2.24) is 4.98 Å². The van der Waals surface area contributed by atoms with Gasteiger partial charge < -0.3 is 10.4 Å². The fourth-order valence-corrected chi connectivity index (χ4v) is 2.76. The maximum absolute atomic E-state index is 12.3. The molecule has 1 rings (SSSR count). The lowest BCUT2D eigenvalue weighted by molar-refractivity contribution is 0.220. The summed E-state index contributed by atoms with van der Waals surface area (Å²) in [5.41, 5.74) is 0.735. The molecule has 2 N–H and O–H groups in total. The van der Waals surface area contributed by atoms with E-state index in [1.54, 1.807) is 26.8 Å². The van der Waals surface area contributed by atoms with Gasteiger partial charge in [-0.05, 0) is 44.7 Å². The summed E-state index contributed by atoms with van der Waals surface area (Å²) in [6.07, 6.45) is 2.23. The van der Waals surface area contributed by atoms with Crippen molar-refractivity contribution in [3.05, 3.63) is 18.3 Å². The minimum Gasteiger partial charge on any atom is -0.396 e. The molecule has 0 radical (unpaired) electrons. The van der Waals surface area contributed by atoms with E-state index in [0.29, 0.717) is 13.0 Å². The van der Waals surface area contributed by atoms with Crippen LogP contribution in [-0.4, -0.2) is 36.4 Å². The molecule has 0 atom stereocenters. The highest BCUT2D eigenvalue weighted by Crippen LogP contribution is 2.24. The van der Waals surface area contributed by atoms with Gasteiger partial charge >= 0.3 is 0 Å². The van der Waals surface area contributed by atoms with Gasteiger partial charge in [0, 0.05) is 13.2 Å². The fourth-order valence-electron chi connectivity index (χ4n) is 1.69. The van der Waals surface area contributed by atoms with Gasteiger partial charge in [-0.3, -0.25) is 0 Å². The van der Waals surface area contributed by atoms with E-state index in [-0.39, 0.29) is 17.0 Å². The maximum Gasteiger partial charge on any atom is 0.200 e. The molecule has 1 aromatic heterocycles. The van der Waals surface area contributed by atoms with E-state index in [9.17, 15) is 8.42 Å². The number of pyridine rings is 1. The molecule has 120 valence electrons. The molecule has 0 fully saturated rings. The van der Waals surface area contributed by atoms with Crippen LogP contribution in [0, 0.1) is 5.41 Å². The molecule has 1 aromatic rings. The van der Waals surface area contributed by atoms with Crippen molar-refractivity contribution in [2.75, 3.05) is 18.5 Å². The van der Waals surface area contributed by atoms with Crippen LogP contribution in [0.25, 0.3) is 0 Å². The Kier molecular flexibility index (Phi) is 5.39. The minimum atomic E-state index is -3.42. The van der Waals surface area contributed by atoms with Crippen LogP contribution >= 0.6 is 0 Å². The third kappa shape index (κ3) is 4.68. The molecular weight excluding hydrogens is 288 g/mol. The van der Waals surface area contributed by atoms with Crippen LogP contribution in [0.4, 0.5) is 5.69 Å². The van der Waals surface area contributed by atoms with Crippen molar-refractivity contribution in [2.45, 2.75) is 50.8 Å². The quantitative estimate of drug-likeness (QED) is 0.843. The lowest BCUT2D eigenvalue weighted by Gasteiger charge is -2.24. The van der Waals surface area contributed by atoms with Crippen LogP contribution in [0.1, 0.15) is 41.0 Å². The highest BCUT2D eigenvalue weighted by molar-refractivity contribution is 7.92. The normalized spacial score (nSPS) is 13.2. The van der Waals surface area contributed by atoms with Gasteiger partial charge in [-0.1, -0.05) is 13.8 Å². The molecule has 0 amide bonds. The zero-order valence-electron chi connectivity index (χ0n) is 13.5. The van der Waals surface area contributed by atoms with Crippen LogP contribution in [0.2, 0.25) is 0 Å². The van der Waals surface area contributed by atoms with Crippen molar-refractivity contribution in [1.29, 1.82) is 0 Å². The van der Waals surface area contributed by atoms with Crippen molar-refractivity contribution in [3.63, 3.8) is 0 Å². The standard InChI is InChI=1S/C15H26N2O3S/c1-14(2,3)21(19,20)13-7-6-12(10-16-13)17-11-15(4,5)8-9-18/h6-7,10,17-18H,8-9,11H2,1-5H3. The van der Waals surface area contributed by atoms with Crippen molar-refractivity contribution >= 4 is 15.5 Å². The lowest BCUT2D eigenvalue weighted by Crippen LogP contribution is -2.28. The molecule has 5 nitrogen and oxygen atoms in total. The molecule has 0 aliphatic heterocycles. The number of aromatic nitrogens is 1. The van der Waals surface area contributed by atoms with Crippen LogP contribution in [0.3, 0.4) is 0 Å². The average Bonchev–Trinajstić information content (AvgIpc) is 2.35. The molecular formula is C15H26N2O3S. The Morgan fingerprint density at radius 1 is 1.19 bits per heavy atom. The monoisotopic (exact) mass is 314 g/mol. The van der Waals surface area contributed by atoms with Crippen LogP contribution in [0.15, 0.2) is 23.4 Å². The van der Waals surface area contributed by atoms with E-state index >= 15 is 0 Å². The molecule has 0 bridgehead atoms. The summed E-state index contributed by atoms with van der Waals surface area (Å²) < 4.78 is 23.7. The van der Waals surface area contributed by atoms with E-state index in [1.165, 1.54) is 12.3 Å². The van der Waals surface area contributed by atoms with Gasteiger partial charge in [0.2, 0.25) is 0 Å². The first-order chi connectivity index (χ1) is 9.49. The topological polar surface area (TPSA) is 79.3 Å². The van der Waals surface area contributed by atoms with E-state index in [2.05, 4.69) is 24.1 Å². The first-order valence-corrected chi connectivity index (χ1v) is 8.53. The Hall–Kier alpha value is -1.14. The molecule has 6 heteroatoms. The molecule has 0 unspecified atom stereocenters. The van der Waals surface area contributed by atoms with E-state index in [0.717, 1.165) is 5.69 Å². The minimum absolute atomic E-state index is 0.0368. The summed E-state index contributed by atoms with van der Waals surface area (Å²) in [7, 11) is -3.42. The predicted octanol–water partition coefficient (Wildman–Crippen LogP) is 2.47. The first kappa shape index (κ1) is 17.9. The second kappa shape index (κ2) is 6.32. The molecule has 0 aliphatic rings. The van der Waals surface area contributed by atoms with Crippen LogP contribution < -0.4 is 5.32 Å². The van der Waals surface area contributed by atoms with Gasteiger partial charge in [-0.15, -0.1) is 0 Å². The fraction of sp³-hybridized carbons (Fsp3) is 0.667. The van der Waals surface area contributed by atoms with Gasteiger partial charge in [0.05, 0.1) is 16.6 Å². The van der Waals surface area contributed by atoms with Crippen molar-refractivity contribution in [2.24, 2.45) is 5.41 Å². The number of anilines is 1. The molecule has 1 heterocycles. The summed E-state index contributed by atoms with van der Waals surface area (Å²) >= 11 is 0. The largest absolute Gasteiger partial charge is 0.396 e. The van der Waals surface area contributed by atoms with Crippen LogP contribution in [0.5, 0.6) is 0 Å². The number of rotatable bonds is 6. The van der Waals surface area contributed by atoms with Crippen molar-refractivity contribution in [3.8, 4) is 0 Å². The zero-order chi connectivity index (χ0) is 16.3. The number of aliphatic hydroxyl groups excluding tert-OH is 1. The average molecular weight is 314 g/mol. The highest BCUT2D eigenvalue weighted by atomic mass is 32.2. The third-order valence-electron chi connectivity index (χ3n) is 3.38. The zero-order valence-corrected chi connectivity index (χ0v) is 14.3. The Labute approximate surface area is 127 Å². The number of nitrogens with one attached hydrogen (secondary N) is 1. The highest BCUT2D eigenvalue weighted by Gasteiger charge is 2.31. The van der Waals surface area contributed by atoms with Gasteiger partial charge in [0.15, 0.2) is 14.9 Å². The lowest BCUT2D eigenvalue weighted by atomic mass is 9.90. The van der Waals surface area contributed by atoms with Gasteiger partial charge in [-0.25, -0.2) is 13.4 Å². The number of hydrogen-bond donors (Lipinski definition) is 2. The molecule has 0 saturated carbocycles. The Morgan fingerprint density at radius 3 is 2.24 bits per heavy atom. The van der Waals surface area contributed by atoms with Crippen LogP contribution in [-0.2, 0) is 9.84 Å². The smallest absolute Gasteiger partial charge is 0.200 e. The Morgan fingerprint density at radius 2 is 1.81 bits per heavy atom. The third-order valence-corrected chi connectivity index (χ3v) is 5.78. The SMILES string of the molecule is CC(C)(CCO)CNc1ccc(S(=O)(=O)C(C)(C)C)nc1. The second-order valence-corrected chi connectivity index (χ2v) is 9.64. The van der Waals surface area contributed by atoms with E-state index in [1.807, 2.05) is 0 Å². The summed E-state index contributed by atoms with van der Waals surface area (Å²) in [6, 6.07) is 3.25. The number of sulfone groups is 1. The molecule has 21 heavy (non-hydrogen) atoms. The van der Waals surface area contributed by atoms with Gasteiger partial charge in [0.25, 0.3) is 0 Å². The summed E-state index contributed by atoms with van der Waals surface area (Å²) in [6.45, 7) is 9.93. The first-order valence-electron chi connectivity index (χ1n) is 7.05. The summed E-state index contributed by atoms with van der Waals surface area (Å²) in [5, 5.41) is 12.3. The molecule has 0 aliphatic carbocycles. The Bertz CT molecular complexity index is 558. The summed E-state index contributed by atoms with van der Waals surface area (Å²) in [5.74, 6) is 0. The van der Waals surface area contributed by atoms with Crippen molar-refractivity contribution < 1.29 is 13.5 Å². The molecule has 0 spiro atoms. The van der Waals surface area contributed by atoms with E-state index in [4.69, 9.17) is 5.11 Å². The summed E-state index contributed by atoms with van der Waals surface area (Å²) in [4.78, 5) is 4.06. The number of nitrogens with zero attached hydrogens (tertiary/aromatic N) is 1. The second-order valence-electron chi connectivity index (χ2n) is 6.99. The maximum atomic E-state index is 12.3. The molecule has 0 aromatic carbocycles. The van der Waals surface area contributed by atoms with Gasteiger partial charge in [0.1, 0.15) is 0 Å². The number of hydrogen-bond acceptors (Lipinski definition) is 5. The molecule has 0 saturated heterocycles. The van der Waals surface area contributed by atoms with E-state index < -0.39 is 14.6 Å². The van der Waals surface area contributed by atoms with Gasteiger partial charge in [-0.2, -0.15) is 0 Å². The predicted molar refractivity (Wildman–Crippen MR) is 85.1 cm³/mol. The Balaban J connectivity index is 2.81.